The van der Waals surface area contributed by atoms with Crippen molar-refractivity contribution in [3.63, 3.8) is 0 Å². The van der Waals surface area contributed by atoms with E-state index in [1.165, 1.54) is 13.8 Å². The number of rotatable bonds is 7. The number of hydrogen-bond acceptors (Lipinski definition) is 5. The number of carbonyl (C=O) groups excluding carboxylic acids is 4. The first-order valence-electron chi connectivity index (χ1n) is 8.97. The summed E-state index contributed by atoms with van der Waals surface area (Å²) >= 11 is 0. The molecule has 0 aliphatic carbocycles. The Morgan fingerprint density at radius 1 is 0.966 bits per heavy atom. The SMILES string of the molecule is CC(=O)Nc1ccc(NC(=O)[C@@H](C)OC(=O)CNC(=O)c2cccc(C)c2)cc1. The molecule has 2 rings (SSSR count). The number of esters is 1. The molecule has 8 nitrogen and oxygen atoms in total. The quantitative estimate of drug-likeness (QED) is 0.620. The van der Waals surface area contributed by atoms with Crippen molar-refractivity contribution in [2.75, 3.05) is 17.2 Å². The van der Waals surface area contributed by atoms with Gasteiger partial charge in [-0.3, -0.25) is 19.2 Å². The zero-order valence-corrected chi connectivity index (χ0v) is 16.4. The highest BCUT2D eigenvalue weighted by molar-refractivity contribution is 5.97. The van der Waals surface area contributed by atoms with Gasteiger partial charge in [-0.1, -0.05) is 17.7 Å². The molecule has 0 aromatic heterocycles. The average molecular weight is 397 g/mol. The number of nitrogens with one attached hydrogen (secondary N) is 3. The molecule has 152 valence electrons. The minimum absolute atomic E-state index is 0.197. The van der Waals surface area contributed by atoms with Gasteiger partial charge in [0, 0.05) is 23.9 Å². The summed E-state index contributed by atoms with van der Waals surface area (Å²) in [5, 5.41) is 7.69. The van der Waals surface area contributed by atoms with Crippen LogP contribution in [0.1, 0.15) is 29.8 Å². The third-order valence-electron chi connectivity index (χ3n) is 3.82. The molecule has 0 saturated heterocycles. The molecule has 0 radical (unpaired) electrons. The normalized spacial score (nSPS) is 11.1. The molecule has 3 N–H and O–H groups in total. The molecule has 0 aliphatic heterocycles. The molecule has 0 aliphatic rings. The summed E-state index contributed by atoms with van der Waals surface area (Å²) in [4.78, 5) is 47.1. The van der Waals surface area contributed by atoms with E-state index >= 15 is 0 Å². The second-order valence-electron chi connectivity index (χ2n) is 6.43. The second kappa shape index (κ2) is 10.0. The van der Waals surface area contributed by atoms with E-state index in [2.05, 4.69) is 16.0 Å². The van der Waals surface area contributed by atoms with Crippen molar-refractivity contribution in [1.29, 1.82) is 0 Å². The van der Waals surface area contributed by atoms with Gasteiger partial charge in [0.15, 0.2) is 6.10 Å². The van der Waals surface area contributed by atoms with Gasteiger partial charge in [-0.05, 0) is 50.2 Å². The number of amides is 3. The van der Waals surface area contributed by atoms with Crippen LogP contribution < -0.4 is 16.0 Å². The van der Waals surface area contributed by atoms with Crippen molar-refractivity contribution < 1.29 is 23.9 Å². The van der Waals surface area contributed by atoms with Gasteiger partial charge in [0.25, 0.3) is 11.8 Å². The third kappa shape index (κ3) is 7.10. The topological polar surface area (TPSA) is 114 Å². The largest absolute Gasteiger partial charge is 0.451 e. The second-order valence-corrected chi connectivity index (χ2v) is 6.43. The lowest BCUT2D eigenvalue weighted by Crippen LogP contribution is -2.35. The third-order valence-corrected chi connectivity index (χ3v) is 3.82. The zero-order valence-electron chi connectivity index (χ0n) is 16.4. The number of aryl methyl sites for hydroxylation is 1. The van der Waals surface area contributed by atoms with E-state index in [0.717, 1.165) is 5.56 Å². The van der Waals surface area contributed by atoms with E-state index in [9.17, 15) is 19.2 Å². The minimum Gasteiger partial charge on any atom is -0.451 e. The molecule has 0 fully saturated rings. The van der Waals surface area contributed by atoms with Gasteiger partial charge in [0.05, 0.1) is 0 Å². The Morgan fingerprint density at radius 3 is 2.17 bits per heavy atom. The first kappa shape index (κ1) is 21.6. The molecule has 29 heavy (non-hydrogen) atoms. The molecule has 0 heterocycles. The number of anilines is 2. The first-order chi connectivity index (χ1) is 13.7. The number of ether oxygens (including phenoxy) is 1. The van der Waals surface area contributed by atoms with Crippen LogP contribution in [0.4, 0.5) is 11.4 Å². The predicted molar refractivity (Wildman–Crippen MR) is 108 cm³/mol. The van der Waals surface area contributed by atoms with Crippen LogP contribution in [0.25, 0.3) is 0 Å². The lowest BCUT2D eigenvalue weighted by atomic mass is 10.1. The van der Waals surface area contributed by atoms with Crippen LogP contribution >= 0.6 is 0 Å². The smallest absolute Gasteiger partial charge is 0.326 e. The molecule has 3 amide bonds. The van der Waals surface area contributed by atoms with Crippen LogP contribution in [-0.2, 0) is 19.1 Å². The van der Waals surface area contributed by atoms with E-state index < -0.39 is 23.9 Å². The predicted octanol–water partition coefficient (Wildman–Crippen LogP) is 2.25. The summed E-state index contributed by atoms with van der Waals surface area (Å²) in [7, 11) is 0. The summed E-state index contributed by atoms with van der Waals surface area (Å²) in [6, 6.07) is 13.4. The molecule has 1 atom stereocenters. The van der Waals surface area contributed by atoms with Crippen molar-refractivity contribution in [3.05, 3.63) is 59.7 Å². The Hall–Kier alpha value is -3.68. The van der Waals surface area contributed by atoms with E-state index in [1.807, 2.05) is 13.0 Å². The molecule has 2 aromatic rings. The molecule has 0 spiro atoms. The Morgan fingerprint density at radius 2 is 1.59 bits per heavy atom. The molecular weight excluding hydrogens is 374 g/mol. The Bertz CT molecular complexity index is 909. The van der Waals surface area contributed by atoms with Crippen molar-refractivity contribution in [2.24, 2.45) is 0 Å². The maximum atomic E-state index is 12.2. The Kier molecular flexibility index (Phi) is 7.47. The standard InChI is InChI=1S/C21H23N3O5/c1-13-5-4-6-16(11-13)21(28)22-12-19(26)29-14(2)20(27)24-18-9-7-17(8-10-18)23-15(3)25/h4-11,14H,12H2,1-3H3,(H,22,28)(H,23,25)(H,24,27)/t14-/m1/s1. The molecule has 0 bridgehead atoms. The Balaban J connectivity index is 1.80. The van der Waals surface area contributed by atoms with Gasteiger partial charge < -0.3 is 20.7 Å². The van der Waals surface area contributed by atoms with Crippen LogP contribution in [0.3, 0.4) is 0 Å². The highest BCUT2D eigenvalue weighted by Gasteiger charge is 2.18. The average Bonchev–Trinajstić information content (AvgIpc) is 2.67. The zero-order chi connectivity index (χ0) is 21.4. The highest BCUT2D eigenvalue weighted by atomic mass is 16.5. The van der Waals surface area contributed by atoms with Gasteiger partial charge in [-0.25, -0.2) is 0 Å². The van der Waals surface area contributed by atoms with Crippen LogP contribution in [0.2, 0.25) is 0 Å². The maximum Gasteiger partial charge on any atom is 0.326 e. The summed E-state index contributed by atoms with van der Waals surface area (Å²) in [6.45, 7) is 4.34. The first-order valence-corrected chi connectivity index (χ1v) is 8.97. The van der Waals surface area contributed by atoms with Gasteiger partial charge in [0.2, 0.25) is 5.91 Å². The Labute approximate surface area is 168 Å². The molecule has 0 saturated carbocycles. The number of hydrogen-bond donors (Lipinski definition) is 3. The summed E-state index contributed by atoms with van der Waals surface area (Å²) in [5.41, 5.74) is 2.45. The van der Waals surface area contributed by atoms with Crippen LogP contribution in [0.15, 0.2) is 48.5 Å². The summed E-state index contributed by atoms with van der Waals surface area (Å²) < 4.78 is 5.05. The van der Waals surface area contributed by atoms with Gasteiger partial charge in [-0.15, -0.1) is 0 Å². The lowest BCUT2D eigenvalue weighted by Gasteiger charge is -2.14. The molecular formula is C21H23N3O5. The van der Waals surface area contributed by atoms with Crippen LogP contribution in [0.5, 0.6) is 0 Å². The molecule has 2 aromatic carbocycles. The molecule has 8 heteroatoms. The lowest BCUT2D eigenvalue weighted by molar-refractivity contribution is -0.152. The fourth-order valence-corrected chi connectivity index (χ4v) is 2.42. The minimum atomic E-state index is -1.05. The molecule has 0 unspecified atom stereocenters. The van der Waals surface area contributed by atoms with E-state index in [-0.39, 0.29) is 12.5 Å². The van der Waals surface area contributed by atoms with Crippen LogP contribution in [-0.4, -0.2) is 36.3 Å². The van der Waals surface area contributed by atoms with E-state index in [1.54, 1.807) is 42.5 Å². The van der Waals surface area contributed by atoms with Gasteiger partial charge in [-0.2, -0.15) is 0 Å². The van der Waals surface area contributed by atoms with Crippen LogP contribution in [0, 0.1) is 6.92 Å². The van der Waals surface area contributed by atoms with Gasteiger partial charge >= 0.3 is 5.97 Å². The number of carbonyl (C=O) groups is 4. The monoisotopic (exact) mass is 397 g/mol. The van der Waals surface area contributed by atoms with Gasteiger partial charge in [0.1, 0.15) is 6.54 Å². The van der Waals surface area contributed by atoms with Crippen molar-refractivity contribution in [2.45, 2.75) is 26.9 Å². The van der Waals surface area contributed by atoms with Crippen molar-refractivity contribution in [3.8, 4) is 0 Å². The highest BCUT2D eigenvalue weighted by Crippen LogP contribution is 2.14. The fourth-order valence-electron chi connectivity index (χ4n) is 2.42. The fraction of sp³-hybridized carbons (Fsp3) is 0.238. The summed E-state index contributed by atoms with van der Waals surface area (Å²) in [5.74, 6) is -1.84. The number of benzene rings is 2. The van der Waals surface area contributed by atoms with Crippen molar-refractivity contribution in [1.82, 2.24) is 5.32 Å². The van der Waals surface area contributed by atoms with E-state index in [0.29, 0.717) is 16.9 Å². The maximum absolute atomic E-state index is 12.2. The summed E-state index contributed by atoms with van der Waals surface area (Å²) in [6.07, 6.45) is -1.05. The van der Waals surface area contributed by atoms with Crippen molar-refractivity contribution >= 4 is 35.1 Å². The van der Waals surface area contributed by atoms with E-state index in [4.69, 9.17) is 4.74 Å².